The van der Waals surface area contributed by atoms with Crippen LogP contribution in [0.25, 0.3) is 0 Å². The highest BCUT2D eigenvalue weighted by Crippen LogP contribution is 2.00. The maximum absolute atomic E-state index is 10.7. The molecule has 0 aromatic carbocycles. The summed E-state index contributed by atoms with van der Waals surface area (Å²) < 4.78 is 0. The Hall–Kier alpha value is -1.90. The molecular weight excluding hydrogens is 288 g/mol. The van der Waals surface area contributed by atoms with Crippen LogP contribution in [0.5, 0.6) is 0 Å². The molecule has 1 N–H and O–H groups in total. The number of rotatable bonds is 14. The maximum Gasteiger partial charge on any atom is 0.303 e. The van der Waals surface area contributed by atoms with E-state index in [9.17, 15) is 9.59 Å². The second-order valence-electron chi connectivity index (χ2n) is 5.47. The molecule has 0 aliphatic carbocycles. The summed E-state index contributed by atoms with van der Waals surface area (Å²) in [6.45, 7) is 1.63. The summed E-state index contributed by atoms with van der Waals surface area (Å²) in [5, 5.41) is 8.49. The van der Waals surface area contributed by atoms with Crippen LogP contribution in [-0.2, 0) is 9.59 Å². The Morgan fingerprint density at radius 1 is 0.696 bits per heavy atom. The highest BCUT2D eigenvalue weighted by Gasteiger charge is 1.92. The van der Waals surface area contributed by atoms with Crippen molar-refractivity contribution in [2.24, 2.45) is 0 Å². The molecule has 0 radical (unpaired) electrons. The summed E-state index contributed by atoms with van der Waals surface area (Å²) in [4.78, 5) is 21.1. The van der Waals surface area contributed by atoms with Crippen molar-refractivity contribution in [3.8, 4) is 0 Å². The third kappa shape index (κ3) is 20.1. The van der Waals surface area contributed by atoms with Crippen LogP contribution in [0.3, 0.4) is 0 Å². The van der Waals surface area contributed by atoms with Gasteiger partial charge in [-0.25, -0.2) is 0 Å². The summed E-state index contributed by atoms with van der Waals surface area (Å²) in [6, 6.07) is 0. The van der Waals surface area contributed by atoms with Crippen LogP contribution in [-0.4, -0.2) is 16.9 Å². The number of carbonyl (C=O) groups is 2. The monoisotopic (exact) mass is 318 g/mol. The lowest BCUT2D eigenvalue weighted by Gasteiger charge is -1.90. The van der Waals surface area contributed by atoms with Crippen molar-refractivity contribution in [2.75, 3.05) is 0 Å². The van der Waals surface area contributed by atoms with Crippen LogP contribution < -0.4 is 0 Å². The van der Waals surface area contributed by atoms with Gasteiger partial charge in [0.2, 0.25) is 0 Å². The molecule has 128 valence electrons. The molecule has 0 fully saturated rings. The van der Waals surface area contributed by atoms with Crippen LogP contribution in [0, 0.1) is 0 Å². The number of aliphatic carboxylic acids is 1. The molecule has 0 heterocycles. The van der Waals surface area contributed by atoms with E-state index in [4.69, 9.17) is 5.11 Å². The minimum Gasteiger partial charge on any atom is -0.481 e. The topological polar surface area (TPSA) is 54.4 Å². The van der Waals surface area contributed by atoms with Gasteiger partial charge >= 0.3 is 5.97 Å². The predicted octanol–water partition coefficient (Wildman–Crippen LogP) is 5.40. The number of allylic oxidation sites excluding steroid dienone is 8. The molecule has 0 aliphatic heterocycles. The predicted molar refractivity (Wildman–Crippen MR) is 96.4 cm³/mol. The number of carbonyl (C=O) groups excluding carboxylic acids is 1. The van der Waals surface area contributed by atoms with E-state index in [0.717, 1.165) is 38.5 Å². The largest absolute Gasteiger partial charge is 0.481 e. The molecule has 0 aromatic heterocycles. The van der Waals surface area contributed by atoms with Crippen molar-refractivity contribution in [1.29, 1.82) is 0 Å². The Labute approximate surface area is 140 Å². The first-order valence-corrected chi connectivity index (χ1v) is 8.44. The van der Waals surface area contributed by atoms with E-state index >= 15 is 0 Å². The van der Waals surface area contributed by atoms with E-state index < -0.39 is 5.97 Å². The van der Waals surface area contributed by atoms with Gasteiger partial charge in [0.05, 0.1) is 0 Å². The second kappa shape index (κ2) is 16.5. The number of carboxylic acids is 1. The first kappa shape index (κ1) is 21.1. The Balaban J connectivity index is 3.44. The molecule has 0 aliphatic rings. The first-order valence-electron chi connectivity index (χ1n) is 8.44. The number of unbranched alkanes of at least 4 members (excludes halogenated alkanes) is 2. The fourth-order valence-electron chi connectivity index (χ4n) is 1.89. The molecule has 0 aromatic rings. The van der Waals surface area contributed by atoms with E-state index in [-0.39, 0.29) is 12.2 Å². The summed E-state index contributed by atoms with van der Waals surface area (Å²) in [5.41, 5.74) is 0. The van der Waals surface area contributed by atoms with Gasteiger partial charge < -0.3 is 9.90 Å². The van der Waals surface area contributed by atoms with Crippen molar-refractivity contribution >= 4 is 11.8 Å². The zero-order valence-corrected chi connectivity index (χ0v) is 14.2. The smallest absolute Gasteiger partial charge is 0.303 e. The van der Waals surface area contributed by atoms with Gasteiger partial charge in [-0.15, -0.1) is 0 Å². The van der Waals surface area contributed by atoms with Crippen molar-refractivity contribution in [3.05, 3.63) is 48.6 Å². The lowest BCUT2D eigenvalue weighted by atomic mass is 10.2. The SMILES string of the molecule is CC(=O)CCC/C=C\C/C=C\C/C=C\C/C=C\CCCC(=O)O. The average Bonchev–Trinajstić information content (AvgIpc) is 2.49. The number of hydrogen-bond acceptors (Lipinski definition) is 2. The summed E-state index contributed by atoms with van der Waals surface area (Å²) in [6.07, 6.45) is 24.1. The van der Waals surface area contributed by atoms with Gasteiger partial charge in [-0.3, -0.25) is 4.79 Å². The second-order valence-corrected chi connectivity index (χ2v) is 5.47. The summed E-state index contributed by atoms with van der Waals surface area (Å²) >= 11 is 0. The molecule has 0 atom stereocenters. The van der Waals surface area contributed by atoms with Crippen LogP contribution in [0.4, 0.5) is 0 Å². The Morgan fingerprint density at radius 3 is 1.48 bits per heavy atom. The van der Waals surface area contributed by atoms with Crippen molar-refractivity contribution in [1.82, 2.24) is 0 Å². The number of carboxylic acid groups (broad SMARTS) is 1. The van der Waals surface area contributed by atoms with E-state index in [2.05, 4.69) is 42.5 Å². The number of ketones is 1. The molecule has 0 saturated carbocycles. The minimum atomic E-state index is -0.726. The third-order valence-corrected chi connectivity index (χ3v) is 3.14. The third-order valence-electron chi connectivity index (χ3n) is 3.14. The lowest BCUT2D eigenvalue weighted by Crippen LogP contribution is -1.92. The van der Waals surface area contributed by atoms with E-state index in [1.165, 1.54) is 0 Å². The fourth-order valence-corrected chi connectivity index (χ4v) is 1.89. The van der Waals surface area contributed by atoms with Crippen LogP contribution in [0.2, 0.25) is 0 Å². The summed E-state index contributed by atoms with van der Waals surface area (Å²) in [5.74, 6) is -0.462. The zero-order chi connectivity index (χ0) is 17.2. The lowest BCUT2D eigenvalue weighted by molar-refractivity contribution is -0.137. The molecule has 0 bridgehead atoms. The maximum atomic E-state index is 10.7. The average molecular weight is 318 g/mol. The van der Waals surface area contributed by atoms with Crippen LogP contribution in [0.15, 0.2) is 48.6 Å². The van der Waals surface area contributed by atoms with Crippen molar-refractivity contribution < 1.29 is 14.7 Å². The Morgan fingerprint density at radius 2 is 1.09 bits per heavy atom. The van der Waals surface area contributed by atoms with Crippen molar-refractivity contribution in [3.63, 3.8) is 0 Å². The molecule has 0 unspecified atom stereocenters. The standard InChI is InChI=1S/C20H30O3/c1-19(21)17-15-13-11-9-7-5-3-2-4-6-8-10-12-14-16-18-20(22)23/h3-6,9-12H,2,7-8,13-18H2,1H3,(H,22,23)/b5-3-,6-4-,11-9-,12-10-. The van der Waals surface area contributed by atoms with Crippen molar-refractivity contribution in [2.45, 2.75) is 64.7 Å². The van der Waals surface area contributed by atoms with Gasteiger partial charge in [0.25, 0.3) is 0 Å². The minimum absolute atomic E-state index is 0.246. The fraction of sp³-hybridized carbons (Fsp3) is 0.500. The molecule has 0 amide bonds. The normalized spacial score (nSPS) is 12.2. The molecule has 23 heavy (non-hydrogen) atoms. The highest BCUT2D eigenvalue weighted by molar-refractivity contribution is 5.75. The van der Waals surface area contributed by atoms with Crippen LogP contribution in [0.1, 0.15) is 64.7 Å². The van der Waals surface area contributed by atoms with E-state index in [1.807, 2.05) is 6.08 Å². The van der Waals surface area contributed by atoms with E-state index in [0.29, 0.717) is 12.8 Å². The quantitative estimate of drug-likeness (QED) is 0.345. The Kier molecular flexibility index (Phi) is 15.1. The molecule has 0 rings (SSSR count). The van der Waals surface area contributed by atoms with Crippen LogP contribution >= 0.6 is 0 Å². The van der Waals surface area contributed by atoms with E-state index in [1.54, 1.807) is 6.92 Å². The van der Waals surface area contributed by atoms with Gasteiger partial charge in [-0.2, -0.15) is 0 Å². The molecule has 3 nitrogen and oxygen atoms in total. The molecule has 0 spiro atoms. The van der Waals surface area contributed by atoms with Gasteiger partial charge in [0.15, 0.2) is 0 Å². The summed E-state index contributed by atoms with van der Waals surface area (Å²) in [7, 11) is 0. The molecule has 3 heteroatoms. The first-order chi connectivity index (χ1) is 11.1. The molecular formula is C20H30O3. The zero-order valence-electron chi connectivity index (χ0n) is 14.2. The van der Waals surface area contributed by atoms with Gasteiger partial charge in [0.1, 0.15) is 5.78 Å². The van der Waals surface area contributed by atoms with Gasteiger partial charge in [-0.1, -0.05) is 48.6 Å². The number of Topliss-reactive ketones (excluding diaryl/α,β-unsaturated/α-hetero) is 1. The van der Waals surface area contributed by atoms with Gasteiger partial charge in [-0.05, 0) is 51.9 Å². The van der Waals surface area contributed by atoms with Gasteiger partial charge in [0, 0.05) is 12.8 Å². The highest BCUT2D eigenvalue weighted by atomic mass is 16.4. The Bertz CT molecular complexity index is 388. The molecule has 0 saturated heterocycles. The number of hydrogen-bond donors (Lipinski definition) is 1.